The summed E-state index contributed by atoms with van der Waals surface area (Å²) in [6.45, 7) is 3.12. The molecule has 2 saturated heterocycles. The molecule has 8 heteroatoms. The summed E-state index contributed by atoms with van der Waals surface area (Å²) in [4.78, 5) is 44.5. The molecule has 0 aromatic heterocycles. The molecule has 0 radical (unpaired) electrons. The molecule has 4 rings (SSSR count). The van der Waals surface area contributed by atoms with Crippen LogP contribution < -0.4 is 15.1 Å². The number of fused-ring (bicyclic) bond motifs is 3. The summed E-state index contributed by atoms with van der Waals surface area (Å²) in [5.41, 5.74) is 2.17. The van der Waals surface area contributed by atoms with Crippen LogP contribution in [-0.4, -0.2) is 75.1 Å². The van der Waals surface area contributed by atoms with Crippen LogP contribution in [0.2, 0.25) is 0 Å². The second-order valence-corrected chi connectivity index (χ2v) is 8.53. The number of nitrogens with zero attached hydrogens (tertiary/aromatic N) is 3. The lowest BCUT2D eigenvalue weighted by Crippen LogP contribution is -2.57. The van der Waals surface area contributed by atoms with Gasteiger partial charge in [0.15, 0.2) is 0 Å². The van der Waals surface area contributed by atoms with E-state index in [0.717, 1.165) is 63.8 Å². The van der Waals surface area contributed by atoms with E-state index >= 15 is 0 Å². The lowest BCUT2D eigenvalue weighted by Gasteiger charge is -2.45. The predicted molar refractivity (Wildman–Crippen MR) is 118 cm³/mol. The molecule has 168 valence electrons. The number of hydrogen-bond donors (Lipinski definition) is 1. The number of rotatable bonds is 6. The van der Waals surface area contributed by atoms with Gasteiger partial charge < -0.3 is 19.9 Å². The van der Waals surface area contributed by atoms with Crippen molar-refractivity contribution in [3.8, 4) is 0 Å². The molecule has 1 aromatic carbocycles. The highest BCUT2D eigenvalue weighted by Crippen LogP contribution is 2.40. The van der Waals surface area contributed by atoms with Gasteiger partial charge in [-0.05, 0) is 56.7 Å². The molecule has 0 spiro atoms. The van der Waals surface area contributed by atoms with Crippen molar-refractivity contribution >= 4 is 29.1 Å². The zero-order valence-corrected chi connectivity index (χ0v) is 18.3. The fourth-order valence-corrected chi connectivity index (χ4v) is 4.83. The number of nitrogens with one attached hydrogen (secondary N) is 1. The minimum absolute atomic E-state index is 0.000197. The van der Waals surface area contributed by atoms with Gasteiger partial charge in [0.05, 0.1) is 18.0 Å². The van der Waals surface area contributed by atoms with Crippen molar-refractivity contribution < 1.29 is 19.1 Å². The quantitative estimate of drug-likeness (QED) is 0.699. The van der Waals surface area contributed by atoms with Crippen molar-refractivity contribution in [3.05, 3.63) is 23.8 Å². The van der Waals surface area contributed by atoms with Crippen molar-refractivity contribution in [2.45, 2.75) is 44.6 Å². The van der Waals surface area contributed by atoms with E-state index in [0.29, 0.717) is 24.4 Å². The van der Waals surface area contributed by atoms with Crippen LogP contribution in [-0.2, 0) is 14.3 Å². The van der Waals surface area contributed by atoms with Crippen LogP contribution in [0.15, 0.2) is 18.2 Å². The number of benzene rings is 1. The Labute approximate surface area is 183 Å². The maximum absolute atomic E-state index is 13.4. The van der Waals surface area contributed by atoms with Crippen LogP contribution in [0.3, 0.4) is 0 Å². The Balaban J connectivity index is 1.62. The van der Waals surface area contributed by atoms with Crippen molar-refractivity contribution in [1.82, 2.24) is 10.2 Å². The Kier molecular flexibility index (Phi) is 6.75. The first-order valence-electron chi connectivity index (χ1n) is 11.4. The average Bonchev–Trinajstić information content (AvgIpc) is 2.81. The van der Waals surface area contributed by atoms with Gasteiger partial charge in [0.2, 0.25) is 11.8 Å². The number of ether oxygens (including phenoxy) is 1. The number of carbonyl (C=O) groups excluding carboxylic acids is 3. The molecule has 8 nitrogen and oxygen atoms in total. The Bertz CT molecular complexity index is 837. The minimum Gasteiger partial charge on any atom is -0.383 e. The van der Waals surface area contributed by atoms with E-state index < -0.39 is 0 Å². The third kappa shape index (κ3) is 4.54. The van der Waals surface area contributed by atoms with Gasteiger partial charge in [-0.3, -0.25) is 19.3 Å². The number of carbonyl (C=O) groups is 3. The van der Waals surface area contributed by atoms with E-state index in [1.165, 1.54) is 0 Å². The molecule has 1 N–H and O–H groups in total. The smallest absolute Gasteiger partial charge is 0.253 e. The first-order valence-corrected chi connectivity index (χ1v) is 11.4. The molecule has 3 amide bonds. The standard InChI is InChI=1S/C23H32N4O4/c1-31-14-10-24-21(28)16-27-20-15-17(22(29)25-11-4-2-5-12-25)8-9-18(20)26-13-6-3-7-19(26)23(27)30/h8-9,15,19H,2-7,10-14,16H2,1H3,(H,24,28). The predicted octanol–water partition coefficient (Wildman–Crippen LogP) is 1.78. The van der Waals surface area contributed by atoms with Crippen LogP contribution in [0.4, 0.5) is 11.4 Å². The molecular weight excluding hydrogens is 396 g/mol. The highest BCUT2D eigenvalue weighted by atomic mass is 16.5. The first kappa shape index (κ1) is 21.6. The number of likely N-dealkylation sites (tertiary alicyclic amines) is 1. The van der Waals surface area contributed by atoms with E-state index in [2.05, 4.69) is 10.2 Å². The number of hydrogen-bond acceptors (Lipinski definition) is 5. The summed E-state index contributed by atoms with van der Waals surface area (Å²) in [6.07, 6.45) is 6.03. The van der Waals surface area contributed by atoms with E-state index in [1.807, 2.05) is 17.0 Å². The van der Waals surface area contributed by atoms with Crippen LogP contribution in [0, 0.1) is 0 Å². The molecular formula is C23H32N4O4. The zero-order valence-electron chi connectivity index (χ0n) is 18.3. The zero-order chi connectivity index (χ0) is 21.8. The Hall–Kier alpha value is -2.61. The third-order valence-electron chi connectivity index (χ3n) is 6.45. The van der Waals surface area contributed by atoms with Gasteiger partial charge in [0, 0.05) is 38.9 Å². The largest absolute Gasteiger partial charge is 0.383 e. The summed E-state index contributed by atoms with van der Waals surface area (Å²) in [5, 5.41) is 2.80. The molecule has 1 aromatic rings. The fourth-order valence-electron chi connectivity index (χ4n) is 4.83. The summed E-state index contributed by atoms with van der Waals surface area (Å²) < 4.78 is 4.99. The number of methoxy groups -OCH3 is 1. The van der Waals surface area contributed by atoms with Gasteiger partial charge in [-0.15, -0.1) is 0 Å². The van der Waals surface area contributed by atoms with Crippen LogP contribution in [0.5, 0.6) is 0 Å². The highest BCUT2D eigenvalue weighted by Gasteiger charge is 2.40. The summed E-state index contributed by atoms with van der Waals surface area (Å²) in [7, 11) is 1.58. The third-order valence-corrected chi connectivity index (χ3v) is 6.45. The molecule has 2 fully saturated rings. The molecule has 0 bridgehead atoms. The maximum atomic E-state index is 13.4. The monoisotopic (exact) mass is 428 g/mol. The van der Waals surface area contributed by atoms with E-state index in [1.54, 1.807) is 18.1 Å². The summed E-state index contributed by atoms with van der Waals surface area (Å²) in [5.74, 6) is -0.287. The molecule has 0 aliphatic carbocycles. The number of amides is 3. The van der Waals surface area contributed by atoms with Gasteiger partial charge in [-0.1, -0.05) is 0 Å². The number of anilines is 2. The molecule has 3 aliphatic rings. The van der Waals surface area contributed by atoms with Crippen LogP contribution >= 0.6 is 0 Å². The van der Waals surface area contributed by atoms with Gasteiger partial charge in [0.25, 0.3) is 5.91 Å². The Morgan fingerprint density at radius 1 is 1.06 bits per heavy atom. The first-order chi connectivity index (χ1) is 15.1. The maximum Gasteiger partial charge on any atom is 0.253 e. The normalized spacial score (nSPS) is 20.9. The van der Waals surface area contributed by atoms with Gasteiger partial charge in [-0.25, -0.2) is 0 Å². The number of piperidine rings is 2. The molecule has 31 heavy (non-hydrogen) atoms. The molecule has 1 unspecified atom stereocenters. The van der Waals surface area contributed by atoms with Crippen LogP contribution in [0.1, 0.15) is 48.9 Å². The summed E-state index contributed by atoms with van der Waals surface area (Å²) >= 11 is 0. The molecule has 3 aliphatic heterocycles. The molecule has 0 saturated carbocycles. The van der Waals surface area contributed by atoms with Gasteiger partial charge in [-0.2, -0.15) is 0 Å². The van der Waals surface area contributed by atoms with E-state index in [4.69, 9.17) is 4.74 Å². The molecule has 3 heterocycles. The van der Waals surface area contributed by atoms with Crippen LogP contribution in [0.25, 0.3) is 0 Å². The van der Waals surface area contributed by atoms with Crippen molar-refractivity contribution in [2.75, 3.05) is 56.2 Å². The second-order valence-electron chi connectivity index (χ2n) is 8.53. The molecule has 1 atom stereocenters. The van der Waals surface area contributed by atoms with Crippen molar-refractivity contribution in [3.63, 3.8) is 0 Å². The summed E-state index contributed by atoms with van der Waals surface area (Å²) in [6, 6.07) is 5.38. The van der Waals surface area contributed by atoms with Gasteiger partial charge in [0.1, 0.15) is 12.6 Å². The van der Waals surface area contributed by atoms with Gasteiger partial charge >= 0.3 is 0 Å². The lowest BCUT2D eigenvalue weighted by molar-refractivity contribution is -0.125. The van der Waals surface area contributed by atoms with Crippen molar-refractivity contribution in [1.29, 1.82) is 0 Å². The second kappa shape index (κ2) is 9.68. The Morgan fingerprint density at radius 2 is 1.84 bits per heavy atom. The highest BCUT2D eigenvalue weighted by molar-refractivity contribution is 6.09. The fraction of sp³-hybridized carbons (Fsp3) is 0.609. The Morgan fingerprint density at radius 3 is 2.61 bits per heavy atom. The van der Waals surface area contributed by atoms with E-state index in [9.17, 15) is 14.4 Å². The minimum atomic E-state index is -0.239. The SMILES string of the molecule is COCCNC(=O)CN1C(=O)C2CCCCN2c2ccc(C(=O)N3CCCCC3)cc21. The lowest BCUT2D eigenvalue weighted by atomic mass is 9.95. The topological polar surface area (TPSA) is 82.2 Å². The average molecular weight is 429 g/mol. The van der Waals surface area contributed by atoms with E-state index in [-0.39, 0.29) is 30.3 Å². The van der Waals surface area contributed by atoms with Crippen molar-refractivity contribution in [2.24, 2.45) is 0 Å².